The van der Waals surface area contributed by atoms with Gasteiger partial charge in [-0.2, -0.15) is 0 Å². The molecular formula is C11H25NOSSi. The third kappa shape index (κ3) is 4.09. The van der Waals surface area contributed by atoms with Crippen molar-refractivity contribution in [1.82, 2.24) is 5.32 Å². The van der Waals surface area contributed by atoms with E-state index >= 15 is 0 Å². The average molecular weight is 247 g/mol. The minimum atomic E-state index is -1.51. The second kappa shape index (κ2) is 5.21. The highest BCUT2D eigenvalue weighted by Gasteiger charge is 2.37. The molecule has 0 aromatic rings. The second-order valence-corrected chi connectivity index (χ2v) is 11.9. The Balaban J connectivity index is 2.23. The van der Waals surface area contributed by atoms with Gasteiger partial charge in [-0.15, -0.1) is 11.8 Å². The molecule has 1 saturated heterocycles. The molecule has 0 saturated carbocycles. The molecule has 0 bridgehead atoms. The molecule has 1 atom stereocenters. The van der Waals surface area contributed by atoms with Crippen LogP contribution in [0.15, 0.2) is 0 Å². The topological polar surface area (TPSA) is 21.3 Å². The van der Waals surface area contributed by atoms with Crippen LogP contribution in [-0.2, 0) is 4.43 Å². The van der Waals surface area contributed by atoms with Gasteiger partial charge in [0.05, 0.1) is 0 Å². The standard InChI is InChI=1S/C11H25NOSSi/c1-11(2,3)15(4,5)13-7-6-10-8-12-9-14-10/h10,12H,6-9H2,1-5H3. The molecule has 0 aromatic heterocycles. The monoisotopic (exact) mass is 247 g/mol. The molecule has 1 aliphatic heterocycles. The van der Waals surface area contributed by atoms with Crippen LogP contribution in [0.2, 0.25) is 18.1 Å². The van der Waals surface area contributed by atoms with Gasteiger partial charge in [-0.1, -0.05) is 20.8 Å². The van der Waals surface area contributed by atoms with Crippen LogP contribution in [0.3, 0.4) is 0 Å². The summed E-state index contributed by atoms with van der Waals surface area (Å²) in [5.74, 6) is 1.12. The zero-order valence-corrected chi connectivity index (χ0v) is 12.5. The fourth-order valence-electron chi connectivity index (χ4n) is 1.30. The van der Waals surface area contributed by atoms with E-state index < -0.39 is 8.32 Å². The number of rotatable bonds is 4. The lowest BCUT2D eigenvalue weighted by Crippen LogP contribution is -2.41. The lowest BCUT2D eigenvalue weighted by atomic mass is 10.2. The van der Waals surface area contributed by atoms with Crippen molar-refractivity contribution in [1.29, 1.82) is 0 Å². The van der Waals surface area contributed by atoms with Gasteiger partial charge in [0, 0.05) is 24.3 Å². The zero-order valence-electron chi connectivity index (χ0n) is 10.7. The van der Waals surface area contributed by atoms with Crippen molar-refractivity contribution in [3.05, 3.63) is 0 Å². The number of nitrogens with one attached hydrogen (secondary N) is 1. The fourth-order valence-corrected chi connectivity index (χ4v) is 3.33. The van der Waals surface area contributed by atoms with E-state index in [1.807, 2.05) is 11.8 Å². The summed E-state index contributed by atoms with van der Waals surface area (Å²) in [6.07, 6.45) is 1.20. The Bertz CT molecular complexity index is 197. The van der Waals surface area contributed by atoms with E-state index in [0.717, 1.165) is 24.3 Å². The van der Waals surface area contributed by atoms with E-state index in [0.29, 0.717) is 5.04 Å². The SMILES string of the molecule is CC(C)(C)[Si](C)(C)OCCC1CNCS1. The van der Waals surface area contributed by atoms with Crippen molar-refractivity contribution < 1.29 is 4.43 Å². The first kappa shape index (κ1) is 13.6. The number of thioether (sulfide) groups is 1. The van der Waals surface area contributed by atoms with Gasteiger partial charge in [-0.25, -0.2) is 0 Å². The summed E-state index contributed by atoms with van der Waals surface area (Å²) < 4.78 is 6.15. The molecule has 0 spiro atoms. The lowest BCUT2D eigenvalue weighted by molar-refractivity contribution is 0.281. The van der Waals surface area contributed by atoms with Gasteiger partial charge in [-0.05, 0) is 24.6 Å². The van der Waals surface area contributed by atoms with Gasteiger partial charge in [0.2, 0.25) is 0 Å². The quantitative estimate of drug-likeness (QED) is 0.772. The third-order valence-electron chi connectivity index (χ3n) is 3.50. The highest BCUT2D eigenvalue weighted by molar-refractivity contribution is 8.00. The predicted octanol–water partition coefficient (Wildman–Crippen LogP) is 3.06. The maximum absolute atomic E-state index is 6.15. The molecule has 0 radical (unpaired) electrons. The normalized spacial score (nSPS) is 23.4. The molecule has 0 amide bonds. The van der Waals surface area contributed by atoms with Gasteiger partial charge in [-0.3, -0.25) is 0 Å². The molecule has 1 unspecified atom stereocenters. The third-order valence-corrected chi connectivity index (χ3v) is 9.28. The Morgan fingerprint density at radius 3 is 2.53 bits per heavy atom. The van der Waals surface area contributed by atoms with Crippen LogP contribution in [0.25, 0.3) is 0 Å². The molecular weight excluding hydrogens is 222 g/mol. The number of hydrogen-bond acceptors (Lipinski definition) is 3. The summed E-state index contributed by atoms with van der Waals surface area (Å²) >= 11 is 2.02. The minimum Gasteiger partial charge on any atom is -0.417 e. The van der Waals surface area contributed by atoms with E-state index in [4.69, 9.17) is 4.43 Å². The van der Waals surface area contributed by atoms with Gasteiger partial charge in [0.1, 0.15) is 0 Å². The Kier molecular flexibility index (Phi) is 4.71. The first-order chi connectivity index (χ1) is 6.83. The van der Waals surface area contributed by atoms with Crippen LogP contribution in [0.1, 0.15) is 27.2 Å². The average Bonchev–Trinajstić information content (AvgIpc) is 2.54. The van der Waals surface area contributed by atoms with Crippen molar-refractivity contribution >= 4 is 20.1 Å². The summed E-state index contributed by atoms with van der Waals surface area (Å²) in [6.45, 7) is 13.6. The summed E-state index contributed by atoms with van der Waals surface area (Å²) in [7, 11) is -1.51. The molecule has 0 aliphatic carbocycles. The maximum Gasteiger partial charge on any atom is 0.191 e. The Morgan fingerprint density at radius 1 is 1.40 bits per heavy atom. The summed E-state index contributed by atoms with van der Waals surface area (Å²) in [6, 6.07) is 0. The van der Waals surface area contributed by atoms with E-state index in [2.05, 4.69) is 39.2 Å². The second-order valence-electron chi connectivity index (χ2n) is 5.78. The van der Waals surface area contributed by atoms with Crippen molar-refractivity contribution in [2.24, 2.45) is 0 Å². The maximum atomic E-state index is 6.15. The van der Waals surface area contributed by atoms with E-state index in [1.165, 1.54) is 6.42 Å². The Hall–Kier alpha value is 0.487. The van der Waals surface area contributed by atoms with Crippen molar-refractivity contribution in [3.8, 4) is 0 Å². The predicted molar refractivity (Wildman–Crippen MR) is 72.0 cm³/mol. The molecule has 4 heteroatoms. The molecule has 1 fully saturated rings. The Labute approximate surface area is 99.7 Å². The molecule has 1 rings (SSSR count). The van der Waals surface area contributed by atoms with Crippen LogP contribution in [0.4, 0.5) is 0 Å². The van der Waals surface area contributed by atoms with Crippen molar-refractivity contribution in [3.63, 3.8) is 0 Å². The molecule has 90 valence electrons. The van der Waals surface area contributed by atoms with Crippen LogP contribution in [-0.4, -0.2) is 32.6 Å². The van der Waals surface area contributed by atoms with Gasteiger partial charge in [0.25, 0.3) is 0 Å². The molecule has 0 aromatic carbocycles. The van der Waals surface area contributed by atoms with Gasteiger partial charge >= 0.3 is 0 Å². The summed E-state index contributed by atoms with van der Waals surface area (Å²) in [4.78, 5) is 0. The Morgan fingerprint density at radius 2 is 2.07 bits per heavy atom. The highest BCUT2D eigenvalue weighted by atomic mass is 32.2. The summed E-state index contributed by atoms with van der Waals surface area (Å²) in [5, 5.41) is 4.48. The van der Waals surface area contributed by atoms with E-state index in [1.54, 1.807) is 0 Å². The minimum absolute atomic E-state index is 0.341. The molecule has 1 N–H and O–H groups in total. The summed E-state index contributed by atoms with van der Waals surface area (Å²) in [5.41, 5.74) is 0. The molecule has 1 heterocycles. The zero-order chi connectivity index (χ0) is 11.5. The first-order valence-corrected chi connectivity index (χ1v) is 9.75. The lowest BCUT2D eigenvalue weighted by Gasteiger charge is -2.36. The largest absolute Gasteiger partial charge is 0.417 e. The fraction of sp³-hybridized carbons (Fsp3) is 1.00. The van der Waals surface area contributed by atoms with Crippen LogP contribution < -0.4 is 5.32 Å². The van der Waals surface area contributed by atoms with Crippen LogP contribution in [0.5, 0.6) is 0 Å². The van der Waals surface area contributed by atoms with E-state index in [9.17, 15) is 0 Å². The molecule has 2 nitrogen and oxygen atoms in total. The van der Waals surface area contributed by atoms with Crippen LogP contribution >= 0.6 is 11.8 Å². The highest BCUT2D eigenvalue weighted by Crippen LogP contribution is 2.36. The number of hydrogen-bond donors (Lipinski definition) is 1. The van der Waals surface area contributed by atoms with Crippen molar-refractivity contribution in [2.45, 2.75) is 50.6 Å². The van der Waals surface area contributed by atoms with Crippen LogP contribution in [0, 0.1) is 0 Å². The molecule has 15 heavy (non-hydrogen) atoms. The van der Waals surface area contributed by atoms with Gasteiger partial charge < -0.3 is 9.74 Å². The van der Waals surface area contributed by atoms with Gasteiger partial charge in [0.15, 0.2) is 8.32 Å². The first-order valence-electron chi connectivity index (χ1n) is 5.79. The van der Waals surface area contributed by atoms with Crippen molar-refractivity contribution in [2.75, 3.05) is 19.0 Å². The smallest absolute Gasteiger partial charge is 0.191 e. The van der Waals surface area contributed by atoms with E-state index in [-0.39, 0.29) is 0 Å². The molecule has 1 aliphatic rings.